The lowest BCUT2D eigenvalue weighted by molar-refractivity contribution is -0.137. The third-order valence-corrected chi connectivity index (χ3v) is 5.67. The number of aromatic nitrogens is 2. The predicted octanol–water partition coefficient (Wildman–Crippen LogP) is 5.01. The highest BCUT2D eigenvalue weighted by atomic mass is 35.5. The normalized spacial score (nSPS) is 16.6. The van der Waals surface area contributed by atoms with E-state index in [-0.39, 0.29) is 28.7 Å². The molecular formula is C20H14ClF3N4O2S. The molecule has 0 radical (unpaired) electrons. The van der Waals surface area contributed by atoms with Crippen LogP contribution in [0.3, 0.4) is 0 Å². The summed E-state index contributed by atoms with van der Waals surface area (Å²) in [7, 11) is 0. The average molecular weight is 467 g/mol. The van der Waals surface area contributed by atoms with Crippen molar-refractivity contribution in [2.45, 2.75) is 25.1 Å². The lowest BCUT2D eigenvalue weighted by atomic mass is 10.1. The third-order valence-electron chi connectivity index (χ3n) is 4.74. The number of benzene rings is 2. The molecule has 160 valence electrons. The van der Waals surface area contributed by atoms with Crippen LogP contribution in [0.25, 0.3) is 11.4 Å². The summed E-state index contributed by atoms with van der Waals surface area (Å²) in [6.45, 7) is 0. The molecule has 2 amide bonds. The van der Waals surface area contributed by atoms with Crippen molar-refractivity contribution < 1.29 is 22.8 Å². The molecule has 1 N–H and O–H groups in total. The molecule has 31 heavy (non-hydrogen) atoms. The van der Waals surface area contributed by atoms with Gasteiger partial charge in [0.15, 0.2) is 5.82 Å². The van der Waals surface area contributed by atoms with Gasteiger partial charge < -0.3 is 0 Å². The Labute approximate surface area is 183 Å². The fraction of sp³-hybridized carbons (Fsp3) is 0.200. The molecule has 1 atom stereocenters. The van der Waals surface area contributed by atoms with Crippen molar-refractivity contribution in [3.8, 4) is 11.4 Å². The van der Waals surface area contributed by atoms with Gasteiger partial charge in [0.1, 0.15) is 6.04 Å². The number of halogens is 4. The Balaban J connectivity index is 1.55. The number of nitrogens with zero attached hydrogens (tertiary/aromatic N) is 3. The van der Waals surface area contributed by atoms with Gasteiger partial charge in [0.2, 0.25) is 16.9 Å². The van der Waals surface area contributed by atoms with E-state index in [1.807, 2.05) is 30.3 Å². The summed E-state index contributed by atoms with van der Waals surface area (Å²) in [6, 6.07) is 11.0. The molecule has 6 nitrogen and oxygen atoms in total. The number of anilines is 2. The van der Waals surface area contributed by atoms with Gasteiger partial charge in [-0.2, -0.15) is 22.5 Å². The number of carbonyl (C=O) groups is 2. The molecule has 1 aromatic heterocycles. The van der Waals surface area contributed by atoms with Gasteiger partial charge in [-0.25, -0.2) is 0 Å². The summed E-state index contributed by atoms with van der Waals surface area (Å²) in [5, 5.41) is 2.63. The van der Waals surface area contributed by atoms with Crippen molar-refractivity contribution in [2.75, 3.05) is 10.2 Å². The number of hydrogen-bond donors (Lipinski definition) is 1. The van der Waals surface area contributed by atoms with Crippen molar-refractivity contribution in [3.05, 3.63) is 59.1 Å². The SMILES string of the molecule is O=C(Nc1nc(-c2ccccc2)ns1)[C@@H]1CCC(=O)N1c1ccc(C(F)(F)F)cc1Cl. The second-order valence-corrected chi connectivity index (χ2v) is 7.92. The van der Waals surface area contributed by atoms with Gasteiger partial charge in [0.25, 0.3) is 0 Å². The zero-order chi connectivity index (χ0) is 22.2. The molecule has 0 bridgehead atoms. The topological polar surface area (TPSA) is 75.2 Å². The smallest absolute Gasteiger partial charge is 0.299 e. The summed E-state index contributed by atoms with van der Waals surface area (Å²) >= 11 is 7.03. The fourth-order valence-electron chi connectivity index (χ4n) is 3.28. The highest BCUT2D eigenvalue weighted by Gasteiger charge is 2.39. The van der Waals surface area contributed by atoms with Crippen molar-refractivity contribution in [1.29, 1.82) is 0 Å². The lowest BCUT2D eigenvalue weighted by Gasteiger charge is -2.25. The first-order valence-corrected chi connectivity index (χ1v) is 10.3. The molecule has 1 fully saturated rings. The van der Waals surface area contributed by atoms with Crippen LogP contribution in [0.15, 0.2) is 48.5 Å². The molecular weight excluding hydrogens is 453 g/mol. The summed E-state index contributed by atoms with van der Waals surface area (Å²) in [5.41, 5.74) is -0.0933. The molecule has 11 heteroatoms. The number of hydrogen-bond acceptors (Lipinski definition) is 5. The van der Waals surface area contributed by atoms with E-state index in [4.69, 9.17) is 11.6 Å². The zero-order valence-electron chi connectivity index (χ0n) is 15.7. The van der Waals surface area contributed by atoms with E-state index in [0.29, 0.717) is 5.82 Å². The number of alkyl halides is 3. The molecule has 0 spiro atoms. The first-order valence-electron chi connectivity index (χ1n) is 9.13. The van der Waals surface area contributed by atoms with E-state index in [2.05, 4.69) is 14.7 Å². The van der Waals surface area contributed by atoms with E-state index >= 15 is 0 Å². The van der Waals surface area contributed by atoms with Gasteiger partial charge in [-0.1, -0.05) is 41.9 Å². The standard InChI is InChI=1S/C20H14ClF3N4O2S/c21-13-10-12(20(22,23)24)6-7-14(13)28-15(8-9-16(28)29)18(30)26-19-25-17(27-31-19)11-4-2-1-3-5-11/h1-7,10,15H,8-9H2,(H,25,26,27,30)/t15-/m0/s1. The molecule has 0 unspecified atom stereocenters. The van der Waals surface area contributed by atoms with Crippen molar-refractivity contribution in [3.63, 3.8) is 0 Å². The first kappa shape index (κ1) is 21.3. The van der Waals surface area contributed by atoms with E-state index in [0.717, 1.165) is 40.2 Å². The van der Waals surface area contributed by atoms with Gasteiger partial charge in [-0.05, 0) is 24.6 Å². The quantitative estimate of drug-likeness (QED) is 0.586. The van der Waals surface area contributed by atoms with Crippen molar-refractivity contribution in [1.82, 2.24) is 9.36 Å². The van der Waals surface area contributed by atoms with Crippen LogP contribution in [0.2, 0.25) is 5.02 Å². The maximum Gasteiger partial charge on any atom is 0.416 e. The minimum atomic E-state index is -4.57. The van der Waals surface area contributed by atoms with E-state index in [9.17, 15) is 22.8 Å². The van der Waals surface area contributed by atoms with E-state index in [1.165, 1.54) is 0 Å². The zero-order valence-corrected chi connectivity index (χ0v) is 17.3. The predicted molar refractivity (Wildman–Crippen MR) is 111 cm³/mol. The molecule has 0 aliphatic carbocycles. The molecule has 1 aliphatic heterocycles. The minimum absolute atomic E-state index is 0.0551. The van der Waals surface area contributed by atoms with Crippen LogP contribution in [-0.2, 0) is 15.8 Å². The Morgan fingerprint density at radius 2 is 1.94 bits per heavy atom. The first-order chi connectivity index (χ1) is 14.7. The second kappa shape index (κ2) is 8.27. The van der Waals surface area contributed by atoms with Gasteiger partial charge in [-0.15, -0.1) is 0 Å². The third kappa shape index (κ3) is 4.40. The van der Waals surface area contributed by atoms with E-state index in [1.54, 1.807) is 0 Å². The number of amides is 2. The Bertz CT molecular complexity index is 1140. The molecule has 3 aromatic rings. The van der Waals surface area contributed by atoms with Crippen molar-refractivity contribution >= 4 is 45.8 Å². The highest BCUT2D eigenvalue weighted by molar-refractivity contribution is 7.10. The Kier molecular flexibility index (Phi) is 5.67. The molecule has 1 saturated heterocycles. The Morgan fingerprint density at radius 3 is 2.61 bits per heavy atom. The Hall–Kier alpha value is -2.98. The van der Waals surface area contributed by atoms with Crippen LogP contribution in [0.4, 0.5) is 24.0 Å². The summed E-state index contributed by atoms with van der Waals surface area (Å²) < 4.78 is 42.9. The number of rotatable bonds is 4. The minimum Gasteiger partial charge on any atom is -0.299 e. The van der Waals surface area contributed by atoms with Crippen LogP contribution < -0.4 is 10.2 Å². The lowest BCUT2D eigenvalue weighted by Crippen LogP contribution is -2.42. The molecule has 2 aromatic carbocycles. The number of carbonyl (C=O) groups excluding carboxylic acids is 2. The Morgan fingerprint density at radius 1 is 1.19 bits per heavy atom. The maximum atomic E-state index is 12.9. The summed E-state index contributed by atoms with van der Waals surface area (Å²) in [6.07, 6.45) is -4.30. The van der Waals surface area contributed by atoms with Crippen LogP contribution in [-0.4, -0.2) is 27.2 Å². The van der Waals surface area contributed by atoms with Gasteiger partial charge >= 0.3 is 6.18 Å². The largest absolute Gasteiger partial charge is 0.416 e. The highest BCUT2D eigenvalue weighted by Crippen LogP contribution is 2.38. The monoisotopic (exact) mass is 466 g/mol. The van der Waals surface area contributed by atoms with Crippen LogP contribution in [0.1, 0.15) is 18.4 Å². The molecule has 1 aliphatic rings. The van der Waals surface area contributed by atoms with E-state index < -0.39 is 29.6 Å². The molecule has 2 heterocycles. The summed E-state index contributed by atoms with van der Waals surface area (Å²) in [5.74, 6) is -0.465. The maximum absolute atomic E-state index is 12.9. The second-order valence-electron chi connectivity index (χ2n) is 6.76. The summed E-state index contributed by atoms with van der Waals surface area (Å²) in [4.78, 5) is 30.7. The van der Waals surface area contributed by atoms with Crippen LogP contribution in [0.5, 0.6) is 0 Å². The van der Waals surface area contributed by atoms with Crippen LogP contribution in [0, 0.1) is 0 Å². The van der Waals surface area contributed by atoms with Gasteiger partial charge in [0, 0.05) is 23.5 Å². The van der Waals surface area contributed by atoms with Gasteiger partial charge in [0.05, 0.1) is 16.3 Å². The molecule has 0 saturated carbocycles. The van der Waals surface area contributed by atoms with Crippen molar-refractivity contribution in [2.24, 2.45) is 0 Å². The van der Waals surface area contributed by atoms with Gasteiger partial charge in [-0.3, -0.25) is 19.8 Å². The number of nitrogens with one attached hydrogen (secondary N) is 1. The van der Waals surface area contributed by atoms with Crippen LogP contribution >= 0.6 is 23.1 Å². The average Bonchev–Trinajstić information content (AvgIpc) is 3.35. The fourth-order valence-corrected chi connectivity index (χ4v) is 4.14. The molecule has 4 rings (SSSR count).